The zero-order valence-electron chi connectivity index (χ0n) is 17.3. The molecule has 3 atom stereocenters. The largest absolute Gasteiger partial charge is 0.465 e. The molecule has 0 radical (unpaired) electrons. The Kier molecular flexibility index (Phi) is 5.79. The molecule has 0 aromatic heterocycles. The number of halogens is 3. The van der Waals surface area contributed by atoms with E-state index in [1.165, 1.54) is 11.0 Å². The average Bonchev–Trinajstić information content (AvgIpc) is 3.15. The fourth-order valence-corrected chi connectivity index (χ4v) is 4.95. The van der Waals surface area contributed by atoms with Crippen LogP contribution >= 0.6 is 0 Å². The highest BCUT2D eigenvalue weighted by Gasteiger charge is 2.57. The molecule has 1 aliphatic heterocycles. The summed E-state index contributed by atoms with van der Waals surface area (Å²) < 4.78 is 38.8. The van der Waals surface area contributed by atoms with Crippen LogP contribution in [0.15, 0.2) is 24.3 Å². The third-order valence-electron chi connectivity index (χ3n) is 6.22. The number of carbonyl (C=O) groups excluding carboxylic acids is 1. The van der Waals surface area contributed by atoms with Gasteiger partial charge in [-0.25, -0.2) is 4.79 Å². The van der Waals surface area contributed by atoms with Crippen molar-refractivity contribution in [2.45, 2.75) is 57.9 Å². The van der Waals surface area contributed by atoms with E-state index in [9.17, 15) is 27.9 Å². The molecule has 30 heavy (non-hydrogen) atoms. The maximum Gasteiger partial charge on any atom is 0.416 e. The standard InChI is InChI=1S/C21H28F3N3O3/c1-19(2,3)27(18(29)30)16-8-15-11-25-12-20(15,9-16)17(28)26-10-13-5-4-6-14(7-13)21(22,23)24/h4-7,15-16,25H,8-12H2,1-3H3,(H,26,28)(H,29,30)/t15-,16+,20-/m0/s1. The minimum absolute atomic E-state index is 0.0101. The van der Waals surface area contributed by atoms with Gasteiger partial charge in [0, 0.05) is 24.7 Å². The highest BCUT2D eigenvalue weighted by Crippen LogP contribution is 2.49. The zero-order valence-corrected chi connectivity index (χ0v) is 17.3. The number of amides is 2. The minimum Gasteiger partial charge on any atom is -0.465 e. The van der Waals surface area contributed by atoms with Gasteiger partial charge in [0.1, 0.15) is 0 Å². The Morgan fingerprint density at radius 2 is 2.00 bits per heavy atom. The van der Waals surface area contributed by atoms with Crippen molar-refractivity contribution in [3.05, 3.63) is 35.4 Å². The van der Waals surface area contributed by atoms with Crippen LogP contribution in [-0.4, -0.2) is 46.7 Å². The number of nitrogens with one attached hydrogen (secondary N) is 2. The fraction of sp³-hybridized carbons (Fsp3) is 0.619. The summed E-state index contributed by atoms with van der Waals surface area (Å²) in [6, 6.07) is 4.61. The second-order valence-electron chi connectivity index (χ2n) is 9.28. The summed E-state index contributed by atoms with van der Waals surface area (Å²) in [7, 11) is 0. The maximum atomic E-state index is 13.2. The van der Waals surface area contributed by atoms with Gasteiger partial charge < -0.3 is 20.6 Å². The van der Waals surface area contributed by atoms with Gasteiger partial charge in [0.15, 0.2) is 0 Å². The Balaban J connectivity index is 1.74. The number of hydrogen-bond donors (Lipinski definition) is 3. The quantitative estimate of drug-likeness (QED) is 0.687. The summed E-state index contributed by atoms with van der Waals surface area (Å²) in [5.41, 5.74) is -1.74. The summed E-state index contributed by atoms with van der Waals surface area (Å²) in [6.45, 7) is 6.52. The summed E-state index contributed by atoms with van der Waals surface area (Å²) >= 11 is 0. The lowest BCUT2D eigenvalue weighted by atomic mass is 9.79. The third kappa shape index (κ3) is 4.26. The normalized spacial score (nSPS) is 26.3. The smallest absolute Gasteiger partial charge is 0.416 e. The third-order valence-corrected chi connectivity index (χ3v) is 6.22. The number of fused-ring (bicyclic) bond motifs is 1. The zero-order chi connectivity index (χ0) is 22.3. The molecule has 1 saturated carbocycles. The van der Waals surface area contributed by atoms with Crippen LogP contribution in [0.4, 0.5) is 18.0 Å². The van der Waals surface area contributed by atoms with E-state index in [0.29, 0.717) is 31.5 Å². The average molecular weight is 427 g/mol. The Morgan fingerprint density at radius 3 is 2.60 bits per heavy atom. The van der Waals surface area contributed by atoms with Crippen LogP contribution in [0.3, 0.4) is 0 Å². The first-order valence-electron chi connectivity index (χ1n) is 10.0. The van der Waals surface area contributed by atoms with Crippen molar-refractivity contribution in [1.82, 2.24) is 15.5 Å². The van der Waals surface area contributed by atoms with E-state index in [0.717, 1.165) is 12.1 Å². The number of nitrogens with zero attached hydrogens (tertiary/aromatic N) is 1. The first-order chi connectivity index (χ1) is 13.8. The highest BCUT2D eigenvalue weighted by molar-refractivity contribution is 5.84. The lowest BCUT2D eigenvalue weighted by molar-refractivity contribution is -0.137. The van der Waals surface area contributed by atoms with Gasteiger partial charge in [-0.05, 0) is 63.8 Å². The molecule has 1 aromatic carbocycles. The van der Waals surface area contributed by atoms with E-state index >= 15 is 0 Å². The Morgan fingerprint density at radius 1 is 1.30 bits per heavy atom. The van der Waals surface area contributed by atoms with Gasteiger partial charge in [-0.15, -0.1) is 0 Å². The molecular weight excluding hydrogens is 399 g/mol. The van der Waals surface area contributed by atoms with Gasteiger partial charge in [-0.2, -0.15) is 13.2 Å². The second-order valence-corrected chi connectivity index (χ2v) is 9.28. The van der Waals surface area contributed by atoms with E-state index < -0.39 is 28.8 Å². The molecule has 1 aliphatic carbocycles. The van der Waals surface area contributed by atoms with E-state index in [2.05, 4.69) is 10.6 Å². The molecule has 0 spiro atoms. The van der Waals surface area contributed by atoms with E-state index in [1.807, 2.05) is 20.8 Å². The van der Waals surface area contributed by atoms with E-state index in [1.54, 1.807) is 6.07 Å². The monoisotopic (exact) mass is 427 g/mol. The molecule has 0 bridgehead atoms. The molecule has 1 heterocycles. The van der Waals surface area contributed by atoms with Gasteiger partial charge in [0.05, 0.1) is 11.0 Å². The molecule has 2 fully saturated rings. The number of carboxylic acid groups (broad SMARTS) is 1. The van der Waals surface area contributed by atoms with Crippen LogP contribution in [0.2, 0.25) is 0 Å². The number of alkyl halides is 3. The molecular formula is C21H28F3N3O3. The van der Waals surface area contributed by atoms with Crippen molar-refractivity contribution in [1.29, 1.82) is 0 Å². The second kappa shape index (κ2) is 7.76. The molecule has 3 N–H and O–H groups in total. The summed E-state index contributed by atoms with van der Waals surface area (Å²) in [6.07, 6.45) is -4.48. The number of benzene rings is 1. The van der Waals surface area contributed by atoms with Gasteiger partial charge in [0.25, 0.3) is 0 Å². The Labute approximate surface area is 173 Å². The molecule has 1 aromatic rings. The summed E-state index contributed by atoms with van der Waals surface area (Å²) in [5, 5.41) is 15.7. The predicted octanol–water partition coefficient (Wildman–Crippen LogP) is 3.47. The van der Waals surface area contributed by atoms with E-state index in [4.69, 9.17) is 0 Å². The van der Waals surface area contributed by atoms with Crippen molar-refractivity contribution in [3.8, 4) is 0 Å². The minimum atomic E-state index is -4.44. The first-order valence-corrected chi connectivity index (χ1v) is 10.0. The van der Waals surface area contributed by atoms with Crippen LogP contribution in [0.5, 0.6) is 0 Å². The Bertz CT molecular complexity index is 822. The lowest BCUT2D eigenvalue weighted by Gasteiger charge is -2.39. The first kappa shape index (κ1) is 22.4. The fourth-order valence-electron chi connectivity index (χ4n) is 4.95. The molecule has 9 heteroatoms. The van der Waals surface area contributed by atoms with Crippen molar-refractivity contribution in [3.63, 3.8) is 0 Å². The molecule has 6 nitrogen and oxygen atoms in total. The summed E-state index contributed by atoms with van der Waals surface area (Å²) in [4.78, 5) is 26.4. The highest BCUT2D eigenvalue weighted by atomic mass is 19.4. The molecule has 3 rings (SSSR count). The molecule has 0 unspecified atom stereocenters. The van der Waals surface area contributed by atoms with Crippen LogP contribution < -0.4 is 10.6 Å². The topological polar surface area (TPSA) is 81.7 Å². The molecule has 2 aliphatic rings. The number of carbonyl (C=O) groups is 2. The van der Waals surface area contributed by atoms with Crippen molar-refractivity contribution in [2.75, 3.05) is 13.1 Å². The SMILES string of the molecule is CC(C)(C)N(C(=O)O)[C@@H]1C[C@H]2CNC[C@@]2(C(=O)NCc2cccc(C(F)(F)F)c2)C1. The van der Waals surface area contributed by atoms with Gasteiger partial charge in [-0.3, -0.25) is 4.79 Å². The van der Waals surface area contributed by atoms with Crippen LogP contribution in [0.1, 0.15) is 44.7 Å². The van der Waals surface area contributed by atoms with Crippen LogP contribution in [0.25, 0.3) is 0 Å². The van der Waals surface area contributed by atoms with Crippen molar-refractivity contribution < 1.29 is 27.9 Å². The van der Waals surface area contributed by atoms with Crippen molar-refractivity contribution in [2.24, 2.45) is 11.3 Å². The van der Waals surface area contributed by atoms with Gasteiger partial charge in [-0.1, -0.05) is 12.1 Å². The van der Waals surface area contributed by atoms with Crippen LogP contribution in [0, 0.1) is 11.3 Å². The molecule has 1 saturated heterocycles. The lowest BCUT2D eigenvalue weighted by Crippen LogP contribution is -2.51. The van der Waals surface area contributed by atoms with Gasteiger partial charge in [0.2, 0.25) is 5.91 Å². The Hall–Kier alpha value is -2.29. The number of hydrogen-bond acceptors (Lipinski definition) is 3. The van der Waals surface area contributed by atoms with E-state index in [-0.39, 0.29) is 24.4 Å². The van der Waals surface area contributed by atoms with Gasteiger partial charge >= 0.3 is 12.3 Å². The maximum absolute atomic E-state index is 13.2. The number of rotatable bonds is 4. The predicted molar refractivity (Wildman–Crippen MR) is 105 cm³/mol. The summed E-state index contributed by atoms with van der Waals surface area (Å²) in [5.74, 6) is -0.259. The van der Waals surface area contributed by atoms with Crippen LogP contribution in [-0.2, 0) is 17.5 Å². The molecule has 166 valence electrons. The molecule has 2 amide bonds. The van der Waals surface area contributed by atoms with Crippen molar-refractivity contribution >= 4 is 12.0 Å².